The molecule has 1 aromatic rings. The van der Waals surface area contributed by atoms with Crippen molar-refractivity contribution in [3.63, 3.8) is 0 Å². The quantitative estimate of drug-likeness (QED) is 0.706. The topological polar surface area (TPSA) is 17.1 Å². The van der Waals surface area contributed by atoms with Gasteiger partial charge in [-0.2, -0.15) is 0 Å². The average Bonchev–Trinajstić information content (AvgIpc) is 2.51. The van der Waals surface area contributed by atoms with Gasteiger partial charge < -0.3 is 0 Å². The lowest BCUT2D eigenvalue weighted by molar-refractivity contribution is 0.103. The van der Waals surface area contributed by atoms with E-state index in [9.17, 15) is 4.79 Å². The predicted octanol–water partition coefficient (Wildman–Crippen LogP) is 4.03. The molecule has 0 amide bonds. The van der Waals surface area contributed by atoms with E-state index in [0.29, 0.717) is 11.1 Å². The number of benzene rings is 1. The summed E-state index contributed by atoms with van der Waals surface area (Å²) >= 11 is 0. The molecule has 0 N–H and O–H groups in total. The molecule has 1 aliphatic carbocycles. The van der Waals surface area contributed by atoms with Crippen molar-refractivity contribution in [2.45, 2.75) is 0 Å². The van der Waals surface area contributed by atoms with Crippen LogP contribution in [0.3, 0.4) is 0 Å². The standard InChI is InChI=1S/C17H14O/c1-14-8-5-6-12-16(13-7-9-14)17(18)15-10-3-2-4-11-15/h2-13H,1H2/b8-5-,9-7-,12-6-,16-13-. The fraction of sp³-hybridized carbons (Fsp3) is 0. The Labute approximate surface area is 107 Å². The lowest BCUT2D eigenvalue weighted by atomic mass is 10.0. The monoisotopic (exact) mass is 234 g/mol. The first-order valence-corrected chi connectivity index (χ1v) is 5.79. The van der Waals surface area contributed by atoms with E-state index in [2.05, 4.69) is 6.58 Å². The van der Waals surface area contributed by atoms with E-state index in [1.165, 1.54) is 0 Å². The normalized spacial score (nSPS) is 22.9. The minimum absolute atomic E-state index is 0.0254. The molecule has 0 atom stereocenters. The smallest absolute Gasteiger partial charge is 0.193 e. The van der Waals surface area contributed by atoms with Crippen LogP contribution in [0, 0.1) is 0 Å². The summed E-state index contributed by atoms with van der Waals surface area (Å²) in [6.07, 6.45) is 13.0. The number of hydrogen-bond donors (Lipinski definition) is 0. The summed E-state index contributed by atoms with van der Waals surface area (Å²) < 4.78 is 0. The third-order valence-electron chi connectivity index (χ3n) is 2.58. The molecule has 0 heterocycles. The van der Waals surface area contributed by atoms with Crippen LogP contribution >= 0.6 is 0 Å². The first-order chi connectivity index (χ1) is 8.77. The fourth-order valence-electron chi connectivity index (χ4n) is 1.63. The zero-order valence-electron chi connectivity index (χ0n) is 10.0. The number of rotatable bonds is 2. The summed E-state index contributed by atoms with van der Waals surface area (Å²) in [6.45, 7) is 3.86. The van der Waals surface area contributed by atoms with Gasteiger partial charge in [0.1, 0.15) is 0 Å². The van der Waals surface area contributed by atoms with E-state index in [1.807, 2.05) is 72.9 Å². The van der Waals surface area contributed by atoms with Crippen LogP contribution in [0.1, 0.15) is 10.4 Å². The zero-order chi connectivity index (χ0) is 12.8. The van der Waals surface area contributed by atoms with Gasteiger partial charge in [-0.25, -0.2) is 0 Å². The maximum Gasteiger partial charge on any atom is 0.193 e. The van der Waals surface area contributed by atoms with Crippen LogP contribution in [-0.2, 0) is 0 Å². The van der Waals surface area contributed by atoms with Gasteiger partial charge in [0.05, 0.1) is 0 Å². The molecule has 18 heavy (non-hydrogen) atoms. The predicted molar refractivity (Wildman–Crippen MR) is 75.4 cm³/mol. The maximum atomic E-state index is 12.3. The summed E-state index contributed by atoms with van der Waals surface area (Å²) in [5.74, 6) is 0.0254. The summed E-state index contributed by atoms with van der Waals surface area (Å²) in [6, 6.07) is 9.27. The third kappa shape index (κ3) is 3.05. The van der Waals surface area contributed by atoms with Crippen molar-refractivity contribution in [2.75, 3.05) is 0 Å². The van der Waals surface area contributed by atoms with Crippen molar-refractivity contribution in [2.24, 2.45) is 0 Å². The van der Waals surface area contributed by atoms with Crippen LogP contribution in [-0.4, -0.2) is 5.78 Å². The molecule has 0 unspecified atom stereocenters. The lowest BCUT2D eigenvalue weighted by Crippen LogP contribution is -2.00. The highest BCUT2D eigenvalue weighted by molar-refractivity contribution is 6.10. The molecule has 1 aliphatic rings. The second-order valence-corrected chi connectivity index (χ2v) is 3.97. The second kappa shape index (κ2) is 5.78. The second-order valence-electron chi connectivity index (χ2n) is 3.97. The largest absolute Gasteiger partial charge is 0.289 e. The Kier molecular flexibility index (Phi) is 3.87. The minimum atomic E-state index is 0.0254. The lowest BCUT2D eigenvalue weighted by Gasteiger charge is -2.00. The molecule has 88 valence electrons. The molecule has 1 heteroatoms. The third-order valence-corrected chi connectivity index (χ3v) is 2.58. The first kappa shape index (κ1) is 12.1. The molecule has 0 bridgehead atoms. The highest BCUT2D eigenvalue weighted by Gasteiger charge is 2.08. The highest BCUT2D eigenvalue weighted by atomic mass is 16.1. The Balaban J connectivity index is 2.32. The summed E-state index contributed by atoms with van der Waals surface area (Å²) in [5.41, 5.74) is 2.27. The Morgan fingerprint density at radius 3 is 2.33 bits per heavy atom. The molecule has 1 nitrogen and oxygen atoms in total. The Hall–Kier alpha value is -2.41. The molecule has 0 saturated carbocycles. The molecule has 0 fully saturated rings. The van der Waals surface area contributed by atoms with Gasteiger partial charge in [-0.15, -0.1) is 0 Å². The maximum absolute atomic E-state index is 12.3. The number of Topliss-reactive ketones (excluding diaryl/α,β-unsaturated/α-hetero) is 1. The number of allylic oxidation sites excluding steroid dienone is 9. The molecule has 0 saturated heterocycles. The van der Waals surface area contributed by atoms with Gasteiger partial charge in [-0.1, -0.05) is 79.4 Å². The van der Waals surface area contributed by atoms with Gasteiger partial charge in [0, 0.05) is 11.1 Å². The number of carbonyl (C=O) groups excluding carboxylic acids is 1. The average molecular weight is 234 g/mol. The zero-order valence-corrected chi connectivity index (χ0v) is 10.0. The van der Waals surface area contributed by atoms with Gasteiger partial charge >= 0.3 is 0 Å². The molecule has 0 radical (unpaired) electrons. The van der Waals surface area contributed by atoms with E-state index in [0.717, 1.165) is 5.57 Å². The van der Waals surface area contributed by atoms with E-state index >= 15 is 0 Å². The van der Waals surface area contributed by atoms with Gasteiger partial charge in [0.25, 0.3) is 0 Å². The van der Waals surface area contributed by atoms with Crippen LogP contribution in [0.2, 0.25) is 0 Å². The summed E-state index contributed by atoms with van der Waals surface area (Å²) in [5, 5.41) is 0. The van der Waals surface area contributed by atoms with Crippen molar-refractivity contribution in [1.29, 1.82) is 0 Å². The van der Waals surface area contributed by atoms with Crippen LogP contribution in [0.4, 0.5) is 0 Å². The number of carbonyl (C=O) groups is 1. The Morgan fingerprint density at radius 2 is 1.56 bits per heavy atom. The molecular formula is C17H14O. The van der Waals surface area contributed by atoms with Crippen LogP contribution in [0.25, 0.3) is 0 Å². The van der Waals surface area contributed by atoms with Crippen molar-refractivity contribution in [3.05, 3.63) is 96.2 Å². The van der Waals surface area contributed by atoms with E-state index in [4.69, 9.17) is 0 Å². The highest BCUT2D eigenvalue weighted by Crippen LogP contribution is 2.11. The summed E-state index contributed by atoms with van der Waals surface area (Å²) in [7, 11) is 0. The molecular weight excluding hydrogens is 220 g/mol. The number of ketones is 1. The SMILES string of the molecule is C=C1\C=C/C=C\C(C(=O)c2ccccc2)=C\C=C/1. The van der Waals surface area contributed by atoms with Crippen molar-refractivity contribution >= 4 is 5.78 Å². The van der Waals surface area contributed by atoms with Crippen LogP contribution < -0.4 is 0 Å². The first-order valence-electron chi connectivity index (χ1n) is 5.79. The van der Waals surface area contributed by atoms with Crippen LogP contribution in [0.5, 0.6) is 0 Å². The Bertz CT molecular complexity index is 569. The van der Waals surface area contributed by atoms with Gasteiger partial charge in [0.2, 0.25) is 0 Å². The van der Waals surface area contributed by atoms with E-state index < -0.39 is 0 Å². The Morgan fingerprint density at radius 1 is 0.889 bits per heavy atom. The van der Waals surface area contributed by atoms with Gasteiger partial charge in [-0.3, -0.25) is 4.79 Å². The molecule has 1 aromatic carbocycles. The van der Waals surface area contributed by atoms with E-state index in [1.54, 1.807) is 0 Å². The van der Waals surface area contributed by atoms with Crippen molar-refractivity contribution in [3.8, 4) is 0 Å². The van der Waals surface area contributed by atoms with Crippen molar-refractivity contribution < 1.29 is 4.79 Å². The molecule has 0 aromatic heterocycles. The molecule has 2 rings (SSSR count). The van der Waals surface area contributed by atoms with Gasteiger partial charge in [-0.05, 0) is 5.57 Å². The molecule has 0 spiro atoms. The fourth-order valence-corrected chi connectivity index (χ4v) is 1.63. The van der Waals surface area contributed by atoms with Crippen LogP contribution in [0.15, 0.2) is 90.6 Å². The number of hydrogen-bond acceptors (Lipinski definition) is 1. The van der Waals surface area contributed by atoms with Crippen molar-refractivity contribution in [1.82, 2.24) is 0 Å². The molecule has 0 aliphatic heterocycles. The van der Waals surface area contributed by atoms with E-state index in [-0.39, 0.29) is 5.78 Å². The summed E-state index contributed by atoms with van der Waals surface area (Å²) in [4.78, 5) is 12.3. The minimum Gasteiger partial charge on any atom is -0.289 e. The van der Waals surface area contributed by atoms with Gasteiger partial charge in [0.15, 0.2) is 5.78 Å².